The largest absolute Gasteiger partial charge is 0.341 e. The van der Waals surface area contributed by atoms with Crippen LogP contribution in [0.3, 0.4) is 0 Å². The fourth-order valence-electron chi connectivity index (χ4n) is 1.61. The summed E-state index contributed by atoms with van der Waals surface area (Å²) in [5.74, 6) is -0.0428. The smallest absolute Gasteiger partial charge is 0.318 e. The van der Waals surface area contributed by atoms with Crippen LogP contribution < -0.4 is 21.3 Å². The van der Waals surface area contributed by atoms with Gasteiger partial charge in [0.05, 0.1) is 0 Å². The Morgan fingerprint density at radius 1 is 1.00 bits per heavy atom. The highest BCUT2D eigenvalue weighted by molar-refractivity contribution is 5.92. The number of carbonyl (C=O) groups is 2. The zero-order chi connectivity index (χ0) is 15.9. The van der Waals surface area contributed by atoms with Crippen LogP contribution in [0, 0.1) is 0 Å². The van der Waals surface area contributed by atoms with Gasteiger partial charge in [0.2, 0.25) is 5.91 Å². The molecule has 0 aliphatic heterocycles. The van der Waals surface area contributed by atoms with Crippen LogP contribution in [0.2, 0.25) is 0 Å². The molecule has 0 aromatic heterocycles. The van der Waals surface area contributed by atoms with Gasteiger partial charge >= 0.3 is 6.03 Å². The highest BCUT2D eigenvalue weighted by Gasteiger charge is 2.09. The van der Waals surface area contributed by atoms with Gasteiger partial charge in [-0.3, -0.25) is 4.79 Å². The molecule has 6 heteroatoms. The van der Waals surface area contributed by atoms with Gasteiger partial charge in [0.1, 0.15) is 0 Å². The molecule has 21 heavy (non-hydrogen) atoms. The van der Waals surface area contributed by atoms with Crippen molar-refractivity contribution in [2.45, 2.75) is 32.7 Å². The van der Waals surface area contributed by atoms with E-state index in [2.05, 4.69) is 42.0 Å². The molecule has 0 spiro atoms. The Morgan fingerprint density at radius 3 is 2.00 bits per heavy atom. The molecule has 0 aliphatic carbocycles. The molecule has 0 radical (unpaired) electrons. The first-order valence-electron chi connectivity index (χ1n) is 6.94. The fraction of sp³-hybridized carbons (Fsp3) is 0.467. The topological polar surface area (TPSA) is 82.3 Å². The van der Waals surface area contributed by atoms with Gasteiger partial charge in [-0.1, -0.05) is 0 Å². The Hall–Kier alpha value is -2.08. The minimum absolute atomic E-state index is 0.00739. The first-order valence-corrected chi connectivity index (χ1v) is 6.94. The second-order valence-corrected chi connectivity index (χ2v) is 5.76. The van der Waals surface area contributed by atoms with Crippen LogP contribution >= 0.6 is 0 Å². The van der Waals surface area contributed by atoms with Crippen molar-refractivity contribution in [2.75, 3.05) is 24.2 Å². The lowest BCUT2D eigenvalue weighted by Crippen LogP contribution is -2.37. The van der Waals surface area contributed by atoms with Crippen molar-refractivity contribution in [2.24, 2.45) is 0 Å². The lowest BCUT2D eigenvalue weighted by molar-refractivity contribution is -0.116. The molecule has 0 bridgehead atoms. The Balaban J connectivity index is 2.41. The number of carbonyl (C=O) groups excluding carboxylic acids is 2. The van der Waals surface area contributed by atoms with Crippen LogP contribution in [0.1, 0.15) is 27.2 Å². The number of hydrogen-bond acceptors (Lipinski definition) is 3. The van der Waals surface area contributed by atoms with E-state index in [0.717, 1.165) is 0 Å². The third-order valence-corrected chi connectivity index (χ3v) is 2.66. The SMILES string of the molecule is CNC(=O)Nc1ccc(NC(=O)CCNC(C)(C)C)cc1. The van der Waals surface area contributed by atoms with Crippen LogP contribution in [-0.4, -0.2) is 31.1 Å². The van der Waals surface area contributed by atoms with Crippen molar-refractivity contribution in [3.05, 3.63) is 24.3 Å². The van der Waals surface area contributed by atoms with Crippen LogP contribution in [0.5, 0.6) is 0 Å². The van der Waals surface area contributed by atoms with E-state index in [4.69, 9.17) is 0 Å². The van der Waals surface area contributed by atoms with Gasteiger partial charge < -0.3 is 21.3 Å². The van der Waals surface area contributed by atoms with Crippen LogP contribution in [0.15, 0.2) is 24.3 Å². The van der Waals surface area contributed by atoms with Crippen LogP contribution in [-0.2, 0) is 4.79 Å². The highest BCUT2D eigenvalue weighted by Crippen LogP contribution is 2.13. The van der Waals surface area contributed by atoms with Crippen molar-refractivity contribution in [1.82, 2.24) is 10.6 Å². The summed E-state index contributed by atoms with van der Waals surface area (Å²) in [7, 11) is 1.55. The molecule has 116 valence electrons. The van der Waals surface area contributed by atoms with Crippen molar-refractivity contribution >= 4 is 23.3 Å². The van der Waals surface area contributed by atoms with E-state index in [1.54, 1.807) is 31.3 Å². The molecule has 1 aromatic carbocycles. The molecule has 1 rings (SSSR count). The first kappa shape index (κ1) is 17.0. The summed E-state index contributed by atoms with van der Waals surface area (Å²) in [6.45, 7) is 6.81. The molecule has 0 heterocycles. The summed E-state index contributed by atoms with van der Waals surface area (Å²) < 4.78 is 0. The van der Waals surface area contributed by atoms with Gasteiger partial charge in [0, 0.05) is 36.9 Å². The maximum absolute atomic E-state index is 11.8. The maximum Gasteiger partial charge on any atom is 0.318 e. The molecular formula is C15H24N4O2. The van der Waals surface area contributed by atoms with E-state index >= 15 is 0 Å². The molecule has 4 N–H and O–H groups in total. The quantitative estimate of drug-likeness (QED) is 0.671. The summed E-state index contributed by atoms with van der Waals surface area (Å²) in [5.41, 5.74) is 1.38. The summed E-state index contributed by atoms with van der Waals surface area (Å²) in [6.07, 6.45) is 0.412. The average molecular weight is 292 g/mol. The fourth-order valence-corrected chi connectivity index (χ4v) is 1.61. The first-order chi connectivity index (χ1) is 9.80. The van der Waals surface area contributed by atoms with E-state index in [0.29, 0.717) is 24.3 Å². The predicted molar refractivity (Wildman–Crippen MR) is 85.5 cm³/mol. The Labute approximate surface area is 125 Å². The second-order valence-electron chi connectivity index (χ2n) is 5.76. The standard InChI is InChI=1S/C15H24N4O2/c1-15(2,3)17-10-9-13(20)18-11-5-7-12(8-6-11)19-14(21)16-4/h5-8,17H,9-10H2,1-4H3,(H,18,20)(H2,16,19,21). The number of nitrogens with one attached hydrogen (secondary N) is 4. The van der Waals surface area contributed by atoms with Crippen molar-refractivity contribution in [3.63, 3.8) is 0 Å². The molecule has 0 unspecified atom stereocenters. The number of anilines is 2. The van der Waals surface area contributed by atoms with Gasteiger partial charge in [0.25, 0.3) is 0 Å². The number of rotatable bonds is 5. The Bertz CT molecular complexity index is 477. The Kier molecular flexibility index (Phi) is 6.17. The normalized spacial score (nSPS) is 10.9. The van der Waals surface area contributed by atoms with E-state index in [-0.39, 0.29) is 17.5 Å². The number of benzene rings is 1. The third kappa shape index (κ3) is 7.31. The molecule has 0 saturated heterocycles. The Morgan fingerprint density at radius 2 is 1.52 bits per heavy atom. The molecule has 6 nitrogen and oxygen atoms in total. The van der Waals surface area contributed by atoms with Crippen LogP contribution in [0.25, 0.3) is 0 Å². The predicted octanol–water partition coefficient (Wildman–Crippen LogP) is 2.15. The maximum atomic E-state index is 11.8. The summed E-state index contributed by atoms with van der Waals surface area (Å²) >= 11 is 0. The zero-order valence-corrected chi connectivity index (χ0v) is 13.0. The lowest BCUT2D eigenvalue weighted by atomic mass is 10.1. The van der Waals surface area contributed by atoms with Crippen molar-refractivity contribution < 1.29 is 9.59 Å². The van der Waals surface area contributed by atoms with E-state index in [9.17, 15) is 9.59 Å². The van der Waals surface area contributed by atoms with Gasteiger partial charge in [0.15, 0.2) is 0 Å². The molecule has 3 amide bonds. The average Bonchev–Trinajstić information content (AvgIpc) is 2.39. The highest BCUT2D eigenvalue weighted by atomic mass is 16.2. The number of hydrogen-bond donors (Lipinski definition) is 4. The van der Waals surface area contributed by atoms with Gasteiger partial charge in [-0.15, -0.1) is 0 Å². The third-order valence-electron chi connectivity index (χ3n) is 2.66. The summed E-state index contributed by atoms with van der Waals surface area (Å²) in [6, 6.07) is 6.69. The molecule has 1 aromatic rings. The molecule has 0 aliphatic rings. The molecular weight excluding hydrogens is 268 g/mol. The molecule has 0 fully saturated rings. The monoisotopic (exact) mass is 292 g/mol. The van der Waals surface area contributed by atoms with Gasteiger partial charge in [-0.05, 0) is 45.0 Å². The lowest BCUT2D eigenvalue weighted by Gasteiger charge is -2.20. The number of urea groups is 1. The summed E-state index contributed by atoms with van der Waals surface area (Å²) in [5, 5.41) is 11.2. The van der Waals surface area contributed by atoms with E-state index < -0.39 is 0 Å². The van der Waals surface area contributed by atoms with Crippen molar-refractivity contribution in [3.8, 4) is 0 Å². The minimum atomic E-state index is -0.278. The van der Waals surface area contributed by atoms with Gasteiger partial charge in [-0.2, -0.15) is 0 Å². The number of amides is 3. The van der Waals surface area contributed by atoms with E-state index in [1.807, 2.05) is 0 Å². The second kappa shape index (κ2) is 7.64. The summed E-state index contributed by atoms with van der Waals surface area (Å²) in [4.78, 5) is 22.9. The minimum Gasteiger partial charge on any atom is -0.341 e. The zero-order valence-electron chi connectivity index (χ0n) is 13.0. The molecule has 0 saturated carbocycles. The van der Waals surface area contributed by atoms with E-state index in [1.165, 1.54) is 0 Å². The molecule has 0 atom stereocenters. The van der Waals surface area contributed by atoms with Gasteiger partial charge in [-0.25, -0.2) is 4.79 Å². The van der Waals surface area contributed by atoms with Crippen molar-refractivity contribution in [1.29, 1.82) is 0 Å². The van der Waals surface area contributed by atoms with Crippen LogP contribution in [0.4, 0.5) is 16.2 Å².